The number of ether oxygens (including phenoxy) is 2. The number of nitrogen functional groups attached to an aromatic ring is 1. The number of rotatable bonds is 2. The molecule has 98 valence electrons. The lowest BCUT2D eigenvalue weighted by Crippen LogP contribution is -2.64. The van der Waals surface area contributed by atoms with E-state index in [-0.39, 0.29) is 5.60 Å². The van der Waals surface area contributed by atoms with Crippen LogP contribution in [0.4, 0.5) is 11.5 Å². The molecule has 0 aromatic carbocycles. The zero-order valence-electron chi connectivity index (χ0n) is 10.7. The number of pyridine rings is 1. The molecule has 0 saturated carbocycles. The second-order valence-corrected chi connectivity index (χ2v) is 5.11. The quantitative estimate of drug-likeness (QED) is 0.859. The van der Waals surface area contributed by atoms with Crippen LogP contribution in [0.5, 0.6) is 5.88 Å². The Morgan fingerprint density at radius 2 is 2.22 bits per heavy atom. The summed E-state index contributed by atoms with van der Waals surface area (Å²) in [5.74, 6) is 1.42. The summed E-state index contributed by atoms with van der Waals surface area (Å²) < 4.78 is 11.1. The Bertz CT molecular complexity index is 436. The number of anilines is 2. The first-order chi connectivity index (χ1) is 8.72. The second-order valence-electron chi connectivity index (χ2n) is 5.11. The van der Waals surface area contributed by atoms with Crippen molar-refractivity contribution >= 4 is 11.5 Å². The molecule has 5 nitrogen and oxygen atoms in total. The van der Waals surface area contributed by atoms with Crippen LogP contribution in [0.3, 0.4) is 0 Å². The van der Waals surface area contributed by atoms with E-state index in [1.807, 2.05) is 12.1 Å². The maximum absolute atomic E-state index is 5.91. The van der Waals surface area contributed by atoms with Gasteiger partial charge in [-0.1, -0.05) is 0 Å². The molecule has 0 atom stereocenters. The molecule has 0 radical (unpaired) electrons. The fourth-order valence-corrected chi connectivity index (χ4v) is 2.75. The predicted molar refractivity (Wildman–Crippen MR) is 69.9 cm³/mol. The summed E-state index contributed by atoms with van der Waals surface area (Å²) in [6.07, 6.45) is 3.62. The number of methoxy groups -OCH3 is 1. The molecule has 18 heavy (non-hydrogen) atoms. The van der Waals surface area contributed by atoms with Crippen molar-refractivity contribution in [3.63, 3.8) is 0 Å². The van der Waals surface area contributed by atoms with Crippen molar-refractivity contribution in [3.05, 3.63) is 12.1 Å². The predicted octanol–water partition coefficient (Wildman–Crippen LogP) is 1.43. The van der Waals surface area contributed by atoms with E-state index in [0.29, 0.717) is 11.6 Å². The zero-order chi connectivity index (χ0) is 12.6. The Hall–Kier alpha value is -1.49. The third-order valence-corrected chi connectivity index (χ3v) is 3.79. The third kappa shape index (κ3) is 1.88. The van der Waals surface area contributed by atoms with Gasteiger partial charge in [0.1, 0.15) is 11.4 Å². The first-order valence-electron chi connectivity index (χ1n) is 6.42. The zero-order valence-corrected chi connectivity index (χ0v) is 10.7. The van der Waals surface area contributed by atoms with Gasteiger partial charge < -0.3 is 20.1 Å². The van der Waals surface area contributed by atoms with Crippen LogP contribution in [0.2, 0.25) is 0 Å². The van der Waals surface area contributed by atoms with Crippen molar-refractivity contribution in [2.75, 3.05) is 37.4 Å². The molecule has 0 unspecified atom stereocenters. The molecule has 2 N–H and O–H groups in total. The summed E-state index contributed by atoms with van der Waals surface area (Å²) in [6.45, 7) is 2.74. The van der Waals surface area contributed by atoms with Gasteiger partial charge >= 0.3 is 0 Å². The minimum Gasteiger partial charge on any atom is -0.479 e. The molecular formula is C13H19N3O2. The molecule has 2 aliphatic heterocycles. The van der Waals surface area contributed by atoms with Gasteiger partial charge in [-0.3, -0.25) is 0 Å². The van der Waals surface area contributed by atoms with Crippen molar-refractivity contribution in [1.82, 2.24) is 4.98 Å². The summed E-state index contributed by atoms with van der Waals surface area (Å²) in [5.41, 5.74) is 6.42. The number of hydrogen-bond donors (Lipinski definition) is 1. The standard InChI is InChI=1S/C13H19N3O2/c1-17-12-10(14)4-5-11(15-12)16-8-13(9-16)6-2-3-7-18-13/h4-5H,2-3,6-9,14H2,1H3. The highest BCUT2D eigenvalue weighted by Gasteiger charge is 2.45. The normalized spacial score (nSPS) is 21.7. The summed E-state index contributed by atoms with van der Waals surface area (Å²) in [5, 5.41) is 0. The number of aromatic nitrogens is 1. The molecule has 1 aromatic heterocycles. The maximum atomic E-state index is 5.91. The van der Waals surface area contributed by atoms with E-state index in [9.17, 15) is 0 Å². The summed E-state index contributed by atoms with van der Waals surface area (Å²) in [6, 6.07) is 3.78. The highest BCUT2D eigenvalue weighted by atomic mass is 16.5. The molecule has 1 aromatic rings. The molecule has 0 bridgehead atoms. The van der Waals surface area contributed by atoms with Gasteiger partial charge in [0.25, 0.3) is 0 Å². The van der Waals surface area contributed by atoms with E-state index in [1.165, 1.54) is 12.8 Å². The molecule has 3 rings (SSSR count). The Kier molecular flexibility index (Phi) is 2.78. The van der Waals surface area contributed by atoms with Gasteiger partial charge in [-0.05, 0) is 31.4 Å². The first kappa shape index (κ1) is 11.6. The van der Waals surface area contributed by atoms with Crippen molar-refractivity contribution in [3.8, 4) is 5.88 Å². The monoisotopic (exact) mass is 249 g/mol. The Morgan fingerprint density at radius 3 is 2.89 bits per heavy atom. The van der Waals surface area contributed by atoms with Crippen LogP contribution in [0.1, 0.15) is 19.3 Å². The van der Waals surface area contributed by atoms with Crippen molar-refractivity contribution < 1.29 is 9.47 Å². The summed E-state index contributed by atoms with van der Waals surface area (Å²) >= 11 is 0. The molecule has 5 heteroatoms. The van der Waals surface area contributed by atoms with Crippen LogP contribution < -0.4 is 15.4 Å². The summed E-state index contributed by atoms with van der Waals surface area (Å²) in [4.78, 5) is 6.63. The van der Waals surface area contributed by atoms with Crippen LogP contribution >= 0.6 is 0 Å². The van der Waals surface area contributed by atoms with E-state index in [0.717, 1.165) is 31.9 Å². The van der Waals surface area contributed by atoms with E-state index < -0.39 is 0 Å². The minimum atomic E-state index is 0.0779. The number of hydrogen-bond acceptors (Lipinski definition) is 5. The van der Waals surface area contributed by atoms with Crippen LogP contribution in [0.15, 0.2) is 12.1 Å². The highest BCUT2D eigenvalue weighted by Crippen LogP contribution is 2.37. The van der Waals surface area contributed by atoms with E-state index in [1.54, 1.807) is 7.11 Å². The lowest BCUT2D eigenvalue weighted by molar-refractivity contribution is -0.0951. The first-order valence-corrected chi connectivity index (χ1v) is 6.42. The molecule has 0 amide bonds. The van der Waals surface area contributed by atoms with Gasteiger partial charge in [-0.15, -0.1) is 0 Å². The second kappa shape index (κ2) is 4.31. The van der Waals surface area contributed by atoms with Crippen LogP contribution in [-0.4, -0.2) is 37.4 Å². The average Bonchev–Trinajstić information content (AvgIpc) is 2.37. The molecule has 3 heterocycles. The van der Waals surface area contributed by atoms with E-state index >= 15 is 0 Å². The molecular weight excluding hydrogens is 230 g/mol. The fourth-order valence-electron chi connectivity index (χ4n) is 2.75. The van der Waals surface area contributed by atoms with E-state index in [2.05, 4.69) is 9.88 Å². The largest absolute Gasteiger partial charge is 0.479 e. The van der Waals surface area contributed by atoms with Gasteiger partial charge in [0, 0.05) is 6.61 Å². The van der Waals surface area contributed by atoms with Crippen molar-refractivity contribution in [2.24, 2.45) is 0 Å². The van der Waals surface area contributed by atoms with Crippen LogP contribution in [-0.2, 0) is 4.74 Å². The highest BCUT2D eigenvalue weighted by molar-refractivity contribution is 5.56. The third-order valence-electron chi connectivity index (χ3n) is 3.79. The average molecular weight is 249 g/mol. The van der Waals surface area contributed by atoms with Gasteiger partial charge in [0.05, 0.1) is 25.9 Å². The van der Waals surface area contributed by atoms with Gasteiger partial charge in [0.2, 0.25) is 5.88 Å². The minimum absolute atomic E-state index is 0.0779. The number of nitrogens with two attached hydrogens (primary N) is 1. The lowest BCUT2D eigenvalue weighted by Gasteiger charge is -2.52. The molecule has 2 aliphatic rings. The topological polar surface area (TPSA) is 60.6 Å². The maximum Gasteiger partial charge on any atom is 0.238 e. The van der Waals surface area contributed by atoms with Gasteiger partial charge in [-0.25, -0.2) is 0 Å². The van der Waals surface area contributed by atoms with Gasteiger partial charge in [-0.2, -0.15) is 4.98 Å². The van der Waals surface area contributed by atoms with E-state index in [4.69, 9.17) is 15.2 Å². The Labute approximate surface area is 107 Å². The van der Waals surface area contributed by atoms with Crippen molar-refractivity contribution in [2.45, 2.75) is 24.9 Å². The lowest BCUT2D eigenvalue weighted by atomic mass is 9.86. The smallest absolute Gasteiger partial charge is 0.238 e. The molecule has 0 aliphatic carbocycles. The Balaban J connectivity index is 1.70. The number of nitrogens with zero attached hydrogens (tertiary/aromatic N) is 2. The fraction of sp³-hybridized carbons (Fsp3) is 0.615. The molecule has 2 saturated heterocycles. The Morgan fingerprint density at radius 1 is 1.39 bits per heavy atom. The van der Waals surface area contributed by atoms with Crippen molar-refractivity contribution in [1.29, 1.82) is 0 Å². The van der Waals surface area contributed by atoms with Crippen LogP contribution in [0.25, 0.3) is 0 Å². The summed E-state index contributed by atoms with van der Waals surface area (Å²) in [7, 11) is 1.59. The van der Waals surface area contributed by atoms with Crippen LogP contribution in [0, 0.1) is 0 Å². The SMILES string of the molecule is COc1nc(N2CC3(CCCCO3)C2)ccc1N. The molecule has 2 fully saturated rings. The van der Waals surface area contributed by atoms with Gasteiger partial charge in [0.15, 0.2) is 0 Å². The molecule has 1 spiro atoms.